The molecule has 0 aromatic carbocycles. The molecule has 126 valence electrons. The van der Waals surface area contributed by atoms with Gasteiger partial charge in [-0.25, -0.2) is 0 Å². The molecule has 0 bridgehead atoms. The molecule has 1 heterocycles. The van der Waals surface area contributed by atoms with Gasteiger partial charge in [0.1, 0.15) is 6.10 Å². The summed E-state index contributed by atoms with van der Waals surface area (Å²) in [4.78, 5) is 34.0. The number of thiol groups is 1. The van der Waals surface area contributed by atoms with Crippen LogP contribution in [0.15, 0.2) is 0 Å². The van der Waals surface area contributed by atoms with Crippen molar-refractivity contribution in [2.45, 2.75) is 51.5 Å². The number of hydrogen-bond donors (Lipinski definition) is 1. The number of hydrogen-bond acceptors (Lipinski definition) is 9. The lowest BCUT2D eigenvalue weighted by molar-refractivity contribution is -0.293. The first-order valence-corrected chi connectivity index (χ1v) is 7.24. The van der Waals surface area contributed by atoms with Gasteiger partial charge in [-0.15, -0.1) is 0 Å². The number of esters is 3. The van der Waals surface area contributed by atoms with Gasteiger partial charge in [0.15, 0.2) is 24.6 Å². The third-order valence-corrected chi connectivity index (χ3v) is 3.27. The monoisotopic (exact) mass is 336 g/mol. The second kappa shape index (κ2) is 8.35. The highest BCUT2D eigenvalue weighted by Crippen LogP contribution is 2.29. The van der Waals surface area contributed by atoms with E-state index < -0.39 is 48.6 Å². The molecule has 0 aromatic rings. The zero-order chi connectivity index (χ0) is 16.9. The maximum atomic E-state index is 11.4. The molecule has 1 aliphatic heterocycles. The molecule has 0 radical (unpaired) electrons. The van der Waals surface area contributed by atoms with E-state index in [0.29, 0.717) is 0 Å². The Morgan fingerprint density at radius 1 is 0.909 bits per heavy atom. The number of carbonyl (C=O) groups is 3. The SMILES string of the molecule is CO[C@H]1O[C@H](CS)[C@@H](OC(C)=O)[C@H](OC(C)=O)[C@H]1OC(C)=O. The fourth-order valence-electron chi connectivity index (χ4n) is 2.19. The normalized spacial score (nSPS) is 31.2. The van der Waals surface area contributed by atoms with Crippen LogP contribution in [0, 0.1) is 0 Å². The lowest BCUT2D eigenvalue weighted by atomic mass is 9.98. The molecule has 9 heteroatoms. The van der Waals surface area contributed by atoms with Crippen LogP contribution < -0.4 is 0 Å². The van der Waals surface area contributed by atoms with E-state index in [-0.39, 0.29) is 5.75 Å². The fraction of sp³-hybridized carbons (Fsp3) is 0.769. The Kier molecular flexibility index (Phi) is 7.11. The highest BCUT2D eigenvalue weighted by atomic mass is 32.1. The lowest BCUT2D eigenvalue weighted by Crippen LogP contribution is -2.62. The Morgan fingerprint density at radius 2 is 1.36 bits per heavy atom. The molecule has 0 unspecified atom stereocenters. The highest BCUT2D eigenvalue weighted by molar-refractivity contribution is 7.80. The largest absolute Gasteiger partial charge is 0.456 e. The van der Waals surface area contributed by atoms with Gasteiger partial charge in [-0.2, -0.15) is 12.6 Å². The number of carbonyl (C=O) groups excluding carboxylic acids is 3. The summed E-state index contributed by atoms with van der Waals surface area (Å²) in [7, 11) is 1.35. The van der Waals surface area contributed by atoms with Crippen molar-refractivity contribution >= 4 is 30.5 Å². The van der Waals surface area contributed by atoms with Crippen molar-refractivity contribution in [1.82, 2.24) is 0 Å². The third kappa shape index (κ3) is 4.85. The van der Waals surface area contributed by atoms with Crippen LogP contribution in [0.2, 0.25) is 0 Å². The van der Waals surface area contributed by atoms with Crippen molar-refractivity contribution in [3.05, 3.63) is 0 Å². The Balaban J connectivity index is 3.14. The Bertz CT molecular complexity index is 396. The van der Waals surface area contributed by atoms with Crippen molar-refractivity contribution in [2.75, 3.05) is 12.9 Å². The van der Waals surface area contributed by atoms with Crippen LogP contribution in [0.1, 0.15) is 20.8 Å². The number of rotatable bonds is 5. The smallest absolute Gasteiger partial charge is 0.303 e. The van der Waals surface area contributed by atoms with Crippen LogP contribution in [0.4, 0.5) is 0 Å². The predicted molar refractivity (Wildman–Crippen MR) is 76.2 cm³/mol. The molecule has 0 saturated carbocycles. The van der Waals surface area contributed by atoms with E-state index in [1.165, 1.54) is 27.9 Å². The molecule has 0 spiro atoms. The molecule has 1 saturated heterocycles. The topological polar surface area (TPSA) is 97.4 Å². The van der Waals surface area contributed by atoms with Crippen molar-refractivity contribution in [3.63, 3.8) is 0 Å². The Hall–Kier alpha value is -1.32. The summed E-state index contributed by atoms with van der Waals surface area (Å²) in [5, 5.41) is 0. The summed E-state index contributed by atoms with van der Waals surface area (Å²) in [5.41, 5.74) is 0. The third-order valence-electron chi connectivity index (χ3n) is 2.91. The van der Waals surface area contributed by atoms with Gasteiger partial charge < -0.3 is 23.7 Å². The first-order chi connectivity index (χ1) is 10.3. The average molecular weight is 336 g/mol. The van der Waals surface area contributed by atoms with Gasteiger partial charge >= 0.3 is 17.9 Å². The Labute approximate surface area is 133 Å². The van der Waals surface area contributed by atoms with E-state index in [9.17, 15) is 14.4 Å². The standard InChI is InChI=1S/C13H20O8S/c1-6(14)18-10-9(5-22)21-13(17-4)12(20-8(3)16)11(10)19-7(2)15/h9-13,22H,5H2,1-4H3/t9-,10-,11+,12-,13+/m1/s1. The summed E-state index contributed by atoms with van der Waals surface area (Å²) >= 11 is 4.14. The van der Waals surface area contributed by atoms with Gasteiger partial charge in [0.05, 0.1) is 0 Å². The zero-order valence-corrected chi connectivity index (χ0v) is 13.7. The van der Waals surface area contributed by atoms with Crippen molar-refractivity contribution < 1.29 is 38.1 Å². The molecule has 0 aliphatic carbocycles. The average Bonchev–Trinajstić information content (AvgIpc) is 2.41. The summed E-state index contributed by atoms with van der Waals surface area (Å²) in [5.74, 6) is -1.63. The molecule has 5 atom stereocenters. The van der Waals surface area contributed by atoms with Crippen LogP contribution in [0.25, 0.3) is 0 Å². The zero-order valence-electron chi connectivity index (χ0n) is 12.8. The van der Waals surface area contributed by atoms with Crippen LogP contribution in [0.5, 0.6) is 0 Å². The van der Waals surface area contributed by atoms with Crippen LogP contribution in [0.3, 0.4) is 0 Å². The molecule has 8 nitrogen and oxygen atoms in total. The van der Waals surface area contributed by atoms with Gasteiger partial charge in [-0.3, -0.25) is 14.4 Å². The summed E-state index contributed by atoms with van der Waals surface area (Å²) < 4.78 is 26.2. The minimum Gasteiger partial charge on any atom is -0.456 e. The van der Waals surface area contributed by atoms with E-state index in [2.05, 4.69) is 12.6 Å². The van der Waals surface area contributed by atoms with E-state index in [1.54, 1.807) is 0 Å². The van der Waals surface area contributed by atoms with Gasteiger partial charge in [-0.1, -0.05) is 0 Å². The molecule has 1 fully saturated rings. The lowest BCUT2D eigenvalue weighted by Gasteiger charge is -2.43. The first kappa shape index (κ1) is 18.7. The van der Waals surface area contributed by atoms with E-state index in [1.807, 2.05) is 0 Å². The van der Waals surface area contributed by atoms with Crippen molar-refractivity contribution in [2.24, 2.45) is 0 Å². The molecular weight excluding hydrogens is 316 g/mol. The first-order valence-electron chi connectivity index (χ1n) is 6.61. The predicted octanol–water partition coefficient (Wildman–Crippen LogP) is 0.0826. The summed E-state index contributed by atoms with van der Waals surface area (Å²) in [6.07, 6.45) is -4.74. The second-order valence-electron chi connectivity index (χ2n) is 4.68. The maximum Gasteiger partial charge on any atom is 0.303 e. The second-order valence-corrected chi connectivity index (χ2v) is 5.05. The maximum absolute atomic E-state index is 11.4. The highest BCUT2D eigenvalue weighted by Gasteiger charge is 2.51. The van der Waals surface area contributed by atoms with E-state index in [0.717, 1.165) is 0 Å². The van der Waals surface area contributed by atoms with Gasteiger partial charge in [0.25, 0.3) is 0 Å². The molecule has 1 aliphatic rings. The van der Waals surface area contributed by atoms with E-state index in [4.69, 9.17) is 23.7 Å². The molecule has 22 heavy (non-hydrogen) atoms. The van der Waals surface area contributed by atoms with Gasteiger partial charge in [0.2, 0.25) is 0 Å². The molecular formula is C13H20O8S. The van der Waals surface area contributed by atoms with Crippen LogP contribution in [-0.2, 0) is 38.1 Å². The number of ether oxygens (including phenoxy) is 5. The fourth-order valence-corrected chi connectivity index (χ4v) is 2.49. The van der Waals surface area contributed by atoms with Crippen LogP contribution in [-0.4, -0.2) is 61.5 Å². The van der Waals surface area contributed by atoms with Gasteiger partial charge in [0, 0.05) is 33.6 Å². The summed E-state index contributed by atoms with van der Waals surface area (Å²) in [6, 6.07) is 0. The number of methoxy groups -OCH3 is 1. The minimum absolute atomic E-state index is 0.183. The minimum atomic E-state index is -1.06. The molecule has 0 N–H and O–H groups in total. The molecule has 0 amide bonds. The molecule has 1 rings (SSSR count). The van der Waals surface area contributed by atoms with Gasteiger partial charge in [-0.05, 0) is 0 Å². The quantitative estimate of drug-likeness (QED) is 0.428. The summed E-state index contributed by atoms with van der Waals surface area (Å²) in [6.45, 7) is 3.61. The van der Waals surface area contributed by atoms with E-state index >= 15 is 0 Å². The van der Waals surface area contributed by atoms with Crippen molar-refractivity contribution in [3.8, 4) is 0 Å². The Morgan fingerprint density at radius 3 is 1.77 bits per heavy atom. The van der Waals surface area contributed by atoms with Crippen molar-refractivity contribution in [1.29, 1.82) is 0 Å². The van der Waals surface area contributed by atoms with Crippen LogP contribution >= 0.6 is 12.6 Å². The molecule has 0 aromatic heterocycles.